The Morgan fingerprint density at radius 2 is 1.27 bits per heavy atom. The van der Waals surface area contributed by atoms with E-state index < -0.39 is 0 Å². The van der Waals surface area contributed by atoms with E-state index in [1.165, 1.54) is 0 Å². The largest absolute Gasteiger partial charge is 0.529 e. The second kappa shape index (κ2) is 7.02. The van der Waals surface area contributed by atoms with E-state index >= 15 is 0 Å². The summed E-state index contributed by atoms with van der Waals surface area (Å²) in [4.78, 5) is 0. The van der Waals surface area contributed by atoms with Crippen molar-refractivity contribution in [2.75, 3.05) is 13.2 Å². The second-order valence-corrected chi connectivity index (χ2v) is 4.12. The van der Waals surface area contributed by atoms with Crippen LogP contribution >= 0.6 is 9.03 Å². The van der Waals surface area contributed by atoms with Gasteiger partial charge in [-0.2, -0.15) is 0 Å². The summed E-state index contributed by atoms with van der Waals surface area (Å²) in [6.45, 7) is 10.0. The van der Waals surface area contributed by atoms with Crippen LogP contribution in [0.25, 0.3) is 0 Å². The molecule has 3 heteroatoms. The van der Waals surface area contributed by atoms with E-state index in [2.05, 4.69) is 27.7 Å². The van der Waals surface area contributed by atoms with E-state index in [1.807, 2.05) is 0 Å². The molecule has 0 heterocycles. The first-order chi connectivity index (χ1) is 5.13. The molecule has 0 atom stereocenters. The summed E-state index contributed by atoms with van der Waals surface area (Å²) in [7, 11) is 0.664. The monoisotopic (exact) mass is 177 g/mol. The molecule has 0 radical (unpaired) electrons. The molecule has 0 aromatic carbocycles. The molecule has 0 saturated heterocycles. The molecule has 0 aromatic heterocycles. The van der Waals surface area contributed by atoms with E-state index in [-0.39, 0.29) is 0 Å². The van der Waals surface area contributed by atoms with Crippen molar-refractivity contribution in [1.82, 2.24) is 0 Å². The maximum Gasteiger partial charge on any atom is 0.0157 e. The lowest BCUT2D eigenvalue weighted by molar-refractivity contribution is 0.225. The molecule has 0 aliphatic heterocycles. The molecular formula is C8H18O2P-. The van der Waals surface area contributed by atoms with Crippen molar-refractivity contribution in [3.63, 3.8) is 0 Å². The lowest BCUT2D eigenvalue weighted by Crippen LogP contribution is -1.98. The Kier molecular flexibility index (Phi) is 7.25. The van der Waals surface area contributed by atoms with Crippen molar-refractivity contribution in [1.29, 1.82) is 0 Å². The Labute approximate surface area is 71.6 Å². The molecular weight excluding hydrogens is 159 g/mol. The van der Waals surface area contributed by atoms with Crippen LogP contribution in [0.15, 0.2) is 0 Å². The van der Waals surface area contributed by atoms with Gasteiger partial charge in [0.2, 0.25) is 0 Å². The summed E-state index contributed by atoms with van der Waals surface area (Å²) in [6.07, 6.45) is 0. The second-order valence-electron chi connectivity index (χ2n) is 3.45. The summed E-state index contributed by atoms with van der Waals surface area (Å²) < 4.78 is 10.4. The molecule has 0 saturated carbocycles. The zero-order valence-electron chi connectivity index (χ0n) is 7.83. The van der Waals surface area contributed by atoms with Crippen LogP contribution < -0.4 is 0 Å². The van der Waals surface area contributed by atoms with Gasteiger partial charge in [0.25, 0.3) is 0 Å². The van der Waals surface area contributed by atoms with Crippen molar-refractivity contribution in [3.8, 4) is 0 Å². The molecule has 0 aliphatic rings. The van der Waals surface area contributed by atoms with Crippen molar-refractivity contribution in [3.05, 3.63) is 0 Å². The highest BCUT2D eigenvalue weighted by molar-refractivity contribution is 7.26. The molecule has 0 N–H and O–H groups in total. The average molecular weight is 177 g/mol. The van der Waals surface area contributed by atoms with Crippen LogP contribution in [-0.4, -0.2) is 13.2 Å². The minimum absolute atomic E-state index is 0.588. The van der Waals surface area contributed by atoms with Gasteiger partial charge in [-0.25, -0.2) is 9.03 Å². The Balaban J connectivity index is 2.91. The molecule has 0 aromatic rings. The summed E-state index contributed by atoms with van der Waals surface area (Å²) in [6, 6.07) is 0. The van der Waals surface area contributed by atoms with Gasteiger partial charge in [0.15, 0.2) is 0 Å². The summed E-state index contributed by atoms with van der Waals surface area (Å²) in [5.41, 5.74) is 0. The topological polar surface area (TPSA) is 18.5 Å². The fourth-order valence-corrected chi connectivity index (χ4v) is 1.19. The van der Waals surface area contributed by atoms with Crippen molar-refractivity contribution >= 4 is 9.03 Å². The van der Waals surface area contributed by atoms with Gasteiger partial charge in [0.1, 0.15) is 0 Å². The fraction of sp³-hybridized carbons (Fsp3) is 1.00. The number of hydrogen-bond acceptors (Lipinski definition) is 2. The standard InChI is InChI=1S/C8H18O2P/c1-7(2)5-9-11-10-6-8(3)4/h7-8H,5-6H2,1-4H3/q-1. The molecule has 0 fully saturated rings. The minimum atomic E-state index is 0.588. The molecule has 0 spiro atoms. The van der Waals surface area contributed by atoms with Gasteiger partial charge in [-0.15, -0.1) is 0 Å². The molecule has 0 aliphatic carbocycles. The van der Waals surface area contributed by atoms with E-state index in [0.717, 1.165) is 13.2 Å². The van der Waals surface area contributed by atoms with Crippen molar-refractivity contribution in [2.24, 2.45) is 11.8 Å². The lowest BCUT2D eigenvalue weighted by atomic mass is 10.2. The first-order valence-electron chi connectivity index (χ1n) is 4.07. The molecule has 0 rings (SSSR count). The molecule has 0 amide bonds. The smallest absolute Gasteiger partial charge is 0.0157 e. The van der Waals surface area contributed by atoms with E-state index in [1.54, 1.807) is 0 Å². The number of hydrogen-bond donors (Lipinski definition) is 0. The fourth-order valence-electron chi connectivity index (χ4n) is 0.396. The van der Waals surface area contributed by atoms with Crippen molar-refractivity contribution < 1.29 is 9.05 Å². The SMILES string of the molecule is CC(C)CO[P-]OCC(C)C. The van der Waals surface area contributed by atoms with Crippen molar-refractivity contribution in [2.45, 2.75) is 27.7 Å². The molecule has 68 valence electrons. The molecule has 0 unspecified atom stereocenters. The van der Waals surface area contributed by atoms with Gasteiger partial charge in [0, 0.05) is 13.2 Å². The van der Waals surface area contributed by atoms with Crippen LogP contribution in [0, 0.1) is 11.8 Å². The summed E-state index contributed by atoms with van der Waals surface area (Å²) in [5.74, 6) is 1.18. The van der Waals surface area contributed by atoms with Crippen LogP contribution in [-0.2, 0) is 9.05 Å². The van der Waals surface area contributed by atoms with Crippen LogP contribution in [0.3, 0.4) is 0 Å². The number of rotatable bonds is 6. The zero-order chi connectivity index (χ0) is 8.69. The van der Waals surface area contributed by atoms with Gasteiger partial charge < -0.3 is 9.05 Å². The normalized spacial score (nSPS) is 11.5. The third-order valence-corrected chi connectivity index (χ3v) is 1.43. The molecule has 11 heavy (non-hydrogen) atoms. The van der Waals surface area contributed by atoms with E-state index in [9.17, 15) is 0 Å². The van der Waals surface area contributed by atoms with Gasteiger partial charge >= 0.3 is 0 Å². The van der Waals surface area contributed by atoms with Gasteiger partial charge in [-0.1, -0.05) is 27.7 Å². The maximum atomic E-state index is 5.20. The predicted octanol–water partition coefficient (Wildman–Crippen LogP) is 3.11. The molecule has 2 nitrogen and oxygen atoms in total. The highest BCUT2D eigenvalue weighted by Gasteiger charge is 1.88. The minimum Gasteiger partial charge on any atom is -0.529 e. The third kappa shape index (κ3) is 10.4. The molecule has 0 bridgehead atoms. The quantitative estimate of drug-likeness (QED) is 0.458. The van der Waals surface area contributed by atoms with Crippen LogP contribution in [0.4, 0.5) is 0 Å². The van der Waals surface area contributed by atoms with Crippen LogP contribution in [0.5, 0.6) is 0 Å². The van der Waals surface area contributed by atoms with Crippen LogP contribution in [0.2, 0.25) is 0 Å². The third-order valence-electron chi connectivity index (χ3n) is 0.921. The Morgan fingerprint density at radius 1 is 0.909 bits per heavy atom. The van der Waals surface area contributed by atoms with E-state index in [4.69, 9.17) is 9.05 Å². The van der Waals surface area contributed by atoms with Gasteiger partial charge in [0.05, 0.1) is 0 Å². The first-order valence-corrected chi connectivity index (χ1v) is 4.80. The highest BCUT2D eigenvalue weighted by Crippen LogP contribution is 2.16. The van der Waals surface area contributed by atoms with Gasteiger partial charge in [-0.3, -0.25) is 0 Å². The van der Waals surface area contributed by atoms with E-state index in [0.29, 0.717) is 20.9 Å². The summed E-state index contributed by atoms with van der Waals surface area (Å²) in [5, 5.41) is 0. The summed E-state index contributed by atoms with van der Waals surface area (Å²) >= 11 is 0. The van der Waals surface area contributed by atoms with Gasteiger partial charge in [-0.05, 0) is 11.8 Å². The average Bonchev–Trinajstić information content (AvgIpc) is 1.85. The zero-order valence-corrected chi connectivity index (χ0v) is 8.73. The highest BCUT2D eigenvalue weighted by atomic mass is 31.1. The Bertz CT molecular complexity index is 74.2. The Morgan fingerprint density at radius 3 is 1.55 bits per heavy atom. The Hall–Kier alpha value is 0.350. The van der Waals surface area contributed by atoms with Crippen LogP contribution in [0.1, 0.15) is 27.7 Å². The lowest BCUT2D eigenvalue weighted by Gasteiger charge is -2.22. The predicted molar refractivity (Wildman–Crippen MR) is 48.5 cm³/mol. The maximum absolute atomic E-state index is 5.20. The first kappa shape index (κ1) is 11.4.